The zero-order valence-electron chi connectivity index (χ0n) is 10.5. The van der Waals surface area contributed by atoms with Crippen molar-refractivity contribution in [2.24, 2.45) is 0 Å². The van der Waals surface area contributed by atoms with Crippen LogP contribution in [0.5, 0.6) is 0 Å². The van der Waals surface area contributed by atoms with E-state index in [1.54, 1.807) is 0 Å². The fourth-order valence-electron chi connectivity index (χ4n) is 2.48. The van der Waals surface area contributed by atoms with Crippen LogP contribution in [0.3, 0.4) is 0 Å². The Morgan fingerprint density at radius 1 is 1.35 bits per heavy atom. The smallest absolute Gasteiger partial charge is 0.116 e. The van der Waals surface area contributed by atoms with Gasteiger partial charge >= 0.3 is 0 Å². The molecule has 1 atom stereocenters. The highest BCUT2D eigenvalue weighted by atomic mass is 15.2. The van der Waals surface area contributed by atoms with Gasteiger partial charge in [0.25, 0.3) is 0 Å². The van der Waals surface area contributed by atoms with E-state index in [0.717, 1.165) is 26.2 Å². The molecule has 0 saturated heterocycles. The molecule has 0 aromatic heterocycles. The summed E-state index contributed by atoms with van der Waals surface area (Å²) in [6, 6.07) is 10.9. The van der Waals surface area contributed by atoms with Gasteiger partial charge in [-0.2, -0.15) is 5.26 Å². The van der Waals surface area contributed by atoms with Crippen molar-refractivity contribution in [3.8, 4) is 6.07 Å². The number of nitrogens with zero attached hydrogens (tertiary/aromatic N) is 2. The molecule has 1 aromatic rings. The largest absolute Gasteiger partial charge is 0.299 e. The summed E-state index contributed by atoms with van der Waals surface area (Å²) >= 11 is 0. The SMILES string of the molecule is CCNC(C)(C#N)CN1Cc2ccccc2C1. The van der Waals surface area contributed by atoms with Crippen LogP contribution in [-0.2, 0) is 13.1 Å². The van der Waals surface area contributed by atoms with Gasteiger partial charge in [0.05, 0.1) is 6.07 Å². The molecule has 0 amide bonds. The predicted octanol–water partition coefficient (Wildman–Crippen LogP) is 1.89. The maximum absolute atomic E-state index is 9.25. The van der Waals surface area contributed by atoms with Crippen molar-refractivity contribution in [2.75, 3.05) is 13.1 Å². The molecule has 0 radical (unpaired) electrons. The van der Waals surface area contributed by atoms with E-state index < -0.39 is 5.54 Å². The third-order valence-corrected chi connectivity index (χ3v) is 3.26. The Balaban J connectivity index is 2.02. The Hall–Kier alpha value is -1.37. The second-order valence-corrected chi connectivity index (χ2v) is 4.89. The summed E-state index contributed by atoms with van der Waals surface area (Å²) in [5, 5.41) is 12.5. The van der Waals surface area contributed by atoms with E-state index in [1.165, 1.54) is 11.1 Å². The first-order chi connectivity index (χ1) is 8.17. The summed E-state index contributed by atoms with van der Waals surface area (Å²) in [6.45, 7) is 7.52. The fraction of sp³-hybridized carbons (Fsp3) is 0.500. The van der Waals surface area contributed by atoms with Gasteiger partial charge in [0, 0.05) is 19.6 Å². The second kappa shape index (κ2) is 4.87. The van der Waals surface area contributed by atoms with Gasteiger partial charge in [-0.3, -0.25) is 10.2 Å². The van der Waals surface area contributed by atoms with Gasteiger partial charge in [0.1, 0.15) is 5.54 Å². The molecule has 1 aliphatic rings. The minimum atomic E-state index is -0.448. The summed E-state index contributed by atoms with van der Waals surface area (Å²) < 4.78 is 0. The molecule has 0 spiro atoms. The molecule has 2 rings (SSSR count). The standard InChI is InChI=1S/C14H19N3/c1-3-16-14(2,10-15)11-17-8-12-6-4-5-7-13(12)9-17/h4-7,16H,3,8-9,11H2,1-2H3. The summed E-state index contributed by atoms with van der Waals surface area (Å²) in [5.74, 6) is 0. The minimum absolute atomic E-state index is 0.448. The normalized spacial score (nSPS) is 18.4. The van der Waals surface area contributed by atoms with Gasteiger partial charge < -0.3 is 0 Å². The molecule has 0 bridgehead atoms. The van der Waals surface area contributed by atoms with Crippen LogP contribution in [-0.4, -0.2) is 23.5 Å². The molecule has 1 heterocycles. The van der Waals surface area contributed by atoms with Gasteiger partial charge in [-0.1, -0.05) is 31.2 Å². The number of hydrogen-bond donors (Lipinski definition) is 1. The quantitative estimate of drug-likeness (QED) is 0.857. The first-order valence-electron chi connectivity index (χ1n) is 6.12. The predicted molar refractivity (Wildman–Crippen MR) is 68.3 cm³/mol. The van der Waals surface area contributed by atoms with E-state index in [9.17, 15) is 5.26 Å². The van der Waals surface area contributed by atoms with E-state index >= 15 is 0 Å². The van der Waals surface area contributed by atoms with Crippen LogP contribution in [0.15, 0.2) is 24.3 Å². The van der Waals surface area contributed by atoms with E-state index in [-0.39, 0.29) is 0 Å². The molecule has 3 nitrogen and oxygen atoms in total. The van der Waals surface area contributed by atoms with E-state index in [0.29, 0.717) is 0 Å². The molecule has 0 saturated carbocycles. The Morgan fingerprint density at radius 3 is 2.41 bits per heavy atom. The maximum atomic E-state index is 9.25. The zero-order chi connectivity index (χ0) is 12.3. The second-order valence-electron chi connectivity index (χ2n) is 4.89. The molecule has 1 N–H and O–H groups in total. The molecule has 17 heavy (non-hydrogen) atoms. The summed E-state index contributed by atoms with van der Waals surface area (Å²) in [6.07, 6.45) is 0. The van der Waals surface area contributed by atoms with E-state index in [2.05, 4.69) is 40.6 Å². The van der Waals surface area contributed by atoms with Crippen molar-refractivity contribution >= 4 is 0 Å². The van der Waals surface area contributed by atoms with Crippen LogP contribution >= 0.6 is 0 Å². The number of likely N-dealkylation sites (N-methyl/N-ethyl adjacent to an activating group) is 1. The molecular weight excluding hydrogens is 210 g/mol. The maximum Gasteiger partial charge on any atom is 0.116 e. The van der Waals surface area contributed by atoms with Crippen LogP contribution in [0, 0.1) is 11.3 Å². The van der Waals surface area contributed by atoms with E-state index in [1.807, 2.05) is 13.8 Å². The Morgan fingerprint density at radius 2 is 1.94 bits per heavy atom. The average molecular weight is 229 g/mol. The molecule has 1 unspecified atom stereocenters. The molecule has 0 fully saturated rings. The lowest BCUT2D eigenvalue weighted by Gasteiger charge is -2.28. The van der Waals surface area contributed by atoms with Gasteiger partial charge in [0.2, 0.25) is 0 Å². The summed E-state index contributed by atoms with van der Waals surface area (Å²) in [5.41, 5.74) is 2.34. The van der Waals surface area contributed by atoms with Crippen LogP contribution in [0.25, 0.3) is 0 Å². The summed E-state index contributed by atoms with van der Waals surface area (Å²) in [4.78, 5) is 2.33. The third kappa shape index (κ3) is 2.66. The highest BCUT2D eigenvalue weighted by Gasteiger charge is 2.28. The van der Waals surface area contributed by atoms with Crippen molar-refractivity contribution in [2.45, 2.75) is 32.5 Å². The monoisotopic (exact) mass is 229 g/mol. The highest BCUT2D eigenvalue weighted by molar-refractivity contribution is 5.30. The molecule has 3 heteroatoms. The molecule has 0 aliphatic carbocycles. The van der Waals surface area contributed by atoms with Gasteiger partial charge in [-0.15, -0.1) is 0 Å². The first kappa shape index (κ1) is 12.1. The van der Waals surface area contributed by atoms with Gasteiger partial charge in [-0.05, 0) is 24.6 Å². The number of nitriles is 1. The highest BCUT2D eigenvalue weighted by Crippen LogP contribution is 2.23. The zero-order valence-corrected chi connectivity index (χ0v) is 10.5. The lowest BCUT2D eigenvalue weighted by Crippen LogP contribution is -2.49. The van der Waals surface area contributed by atoms with Crippen molar-refractivity contribution in [1.29, 1.82) is 5.26 Å². The van der Waals surface area contributed by atoms with Gasteiger partial charge in [-0.25, -0.2) is 0 Å². The van der Waals surface area contributed by atoms with Crippen LogP contribution in [0.2, 0.25) is 0 Å². The number of benzene rings is 1. The Labute approximate surface area is 103 Å². The van der Waals surface area contributed by atoms with Crippen LogP contribution in [0.4, 0.5) is 0 Å². The number of nitrogens with one attached hydrogen (secondary N) is 1. The molecular formula is C14H19N3. The fourth-order valence-corrected chi connectivity index (χ4v) is 2.48. The molecule has 1 aromatic carbocycles. The Kier molecular flexibility index (Phi) is 3.46. The number of fused-ring (bicyclic) bond motifs is 1. The van der Waals surface area contributed by atoms with Crippen LogP contribution in [0.1, 0.15) is 25.0 Å². The topological polar surface area (TPSA) is 39.1 Å². The first-order valence-corrected chi connectivity index (χ1v) is 6.12. The third-order valence-electron chi connectivity index (χ3n) is 3.26. The number of rotatable bonds is 4. The summed E-state index contributed by atoms with van der Waals surface area (Å²) in [7, 11) is 0. The van der Waals surface area contributed by atoms with Crippen molar-refractivity contribution < 1.29 is 0 Å². The minimum Gasteiger partial charge on any atom is -0.299 e. The average Bonchev–Trinajstić information content (AvgIpc) is 2.71. The van der Waals surface area contributed by atoms with Gasteiger partial charge in [0.15, 0.2) is 0 Å². The molecule has 1 aliphatic heterocycles. The van der Waals surface area contributed by atoms with Crippen molar-refractivity contribution in [3.05, 3.63) is 35.4 Å². The lowest BCUT2D eigenvalue weighted by atomic mass is 10.0. The Bertz CT molecular complexity index is 410. The van der Waals surface area contributed by atoms with E-state index in [4.69, 9.17) is 0 Å². The number of hydrogen-bond acceptors (Lipinski definition) is 3. The van der Waals surface area contributed by atoms with Crippen molar-refractivity contribution in [1.82, 2.24) is 10.2 Å². The van der Waals surface area contributed by atoms with Crippen LogP contribution < -0.4 is 5.32 Å². The lowest BCUT2D eigenvalue weighted by molar-refractivity contribution is 0.225. The van der Waals surface area contributed by atoms with Crippen molar-refractivity contribution in [3.63, 3.8) is 0 Å². The molecule has 90 valence electrons.